The summed E-state index contributed by atoms with van der Waals surface area (Å²) in [6.07, 6.45) is 0.783. The van der Waals surface area contributed by atoms with E-state index >= 15 is 0 Å². The predicted molar refractivity (Wildman–Crippen MR) is 125 cm³/mol. The van der Waals surface area contributed by atoms with Crippen molar-refractivity contribution in [2.45, 2.75) is 18.9 Å². The minimum absolute atomic E-state index is 0.181. The minimum atomic E-state index is -0.624. The maximum absolute atomic E-state index is 13.2. The van der Waals surface area contributed by atoms with Crippen LogP contribution >= 0.6 is 11.3 Å². The van der Waals surface area contributed by atoms with Crippen molar-refractivity contribution in [2.75, 3.05) is 23.9 Å². The van der Waals surface area contributed by atoms with E-state index < -0.39 is 17.7 Å². The highest BCUT2D eigenvalue weighted by Gasteiger charge is 2.44. The van der Waals surface area contributed by atoms with Gasteiger partial charge in [-0.05, 0) is 47.7 Å². The number of nitrogens with zero attached hydrogens (tertiary/aromatic N) is 2. The Morgan fingerprint density at radius 2 is 1.74 bits per heavy atom. The molecule has 0 saturated heterocycles. The molecular formula is C25H24N2O3S. The number of rotatable bonds is 7. The largest absolute Gasteiger partial charge is 0.503 e. The molecule has 6 heteroatoms. The summed E-state index contributed by atoms with van der Waals surface area (Å²) in [5, 5.41) is 12.6. The van der Waals surface area contributed by atoms with Gasteiger partial charge < -0.3 is 10.0 Å². The van der Waals surface area contributed by atoms with E-state index in [-0.39, 0.29) is 17.8 Å². The molecule has 5 nitrogen and oxygen atoms in total. The number of aliphatic hydroxyl groups is 1. The topological polar surface area (TPSA) is 60.9 Å². The Hall–Kier alpha value is -3.38. The van der Waals surface area contributed by atoms with Crippen LogP contribution in [-0.2, 0) is 16.0 Å². The van der Waals surface area contributed by atoms with E-state index in [0.717, 1.165) is 16.1 Å². The average Bonchev–Trinajstić information content (AvgIpc) is 3.40. The van der Waals surface area contributed by atoms with Gasteiger partial charge in [0, 0.05) is 36.8 Å². The second-order valence-electron chi connectivity index (χ2n) is 7.67. The summed E-state index contributed by atoms with van der Waals surface area (Å²) in [6.45, 7) is 0. The molecule has 0 saturated carbocycles. The molecule has 0 aliphatic carbocycles. The molecule has 0 fully saturated rings. The zero-order valence-corrected chi connectivity index (χ0v) is 18.3. The molecule has 0 spiro atoms. The van der Waals surface area contributed by atoms with E-state index in [9.17, 15) is 14.7 Å². The van der Waals surface area contributed by atoms with Crippen LogP contribution in [0.2, 0.25) is 0 Å². The van der Waals surface area contributed by atoms with Crippen LogP contribution in [0, 0.1) is 0 Å². The monoisotopic (exact) mass is 432 g/mol. The highest BCUT2D eigenvalue weighted by Crippen LogP contribution is 2.43. The molecule has 1 unspecified atom stereocenters. The van der Waals surface area contributed by atoms with Crippen LogP contribution in [0.1, 0.15) is 22.9 Å². The molecule has 1 aliphatic heterocycles. The number of thiophene rings is 1. The van der Waals surface area contributed by atoms with Crippen molar-refractivity contribution in [2.24, 2.45) is 0 Å². The van der Waals surface area contributed by atoms with E-state index in [1.807, 2.05) is 91.1 Å². The van der Waals surface area contributed by atoms with Crippen LogP contribution in [0.15, 0.2) is 83.4 Å². The Labute approximate surface area is 185 Å². The van der Waals surface area contributed by atoms with Gasteiger partial charge in [0.15, 0.2) is 11.5 Å². The van der Waals surface area contributed by atoms with Crippen LogP contribution in [0.5, 0.6) is 0 Å². The smallest absolute Gasteiger partial charge is 0.294 e. The fourth-order valence-electron chi connectivity index (χ4n) is 3.82. The van der Waals surface area contributed by atoms with Gasteiger partial charge in [-0.25, -0.2) is 0 Å². The quantitative estimate of drug-likeness (QED) is 0.576. The summed E-state index contributed by atoms with van der Waals surface area (Å²) in [5.74, 6) is -1.20. The van der Waals surface area contributed by atoms with Gasteiger partial charge in [0.05, 0.1) is 5.57 Å². The van der Waals surface area contributed by atoms with E-state index in [1.54, 1.807) is 0 Å². The molecule has 0 bridgehead atoms. The van der Waals surface area contributed by atoms with Crippen molar-refractivity contribution in [1.82, 2.24) is 0 Å². The molecule has 0 radical (unpaired) electrons. The van der Waals surface area contributed by atoms with E-state index in [4.69, 9.17) is 0 Å². The Morgan fingerprint density at radius 3 is 2.35 bits per heavy atom. The van der Waals surface area contributed by atoms with Crippen molar-refractivity contribution in [3.63, 3.8) is 0 Å². The fourth-order valence-corrected chi connectivity index (χ4v) is 4.64. The molecule has 1 aliphatic rings. The van der Waals surface area contributed by atoms with Crippen LogP contribution in [0.3, 0.4) is 0 Å². The van der Waals surface area contributed by atoms with Gasteiger partial charge in [-0.3, -0.25) is 14.5 Å². The summed E-state index contributed by atoms with van der Waals surface area (Å²) in [5.41, 5.74) is 2.87. The van der Waals surface area contributed by atoms with Crippen LogP contribution in [0.4, 0.5) is 11.4 Å². The first kappa shape index (κ1) is 20.9. The highest BCUT2D eigenvalue weighted by molar-refractivity contribution is 7.10. The zero-order valence-electron chi connectivity index (χ0n) is 17.5. The number of aliphatic hydroxyl groups excluding tert-OH is 1. The summed E-state index contributed by atoms with van der Waals surface area (Å²) in [4.78, 5) is 30.6. The van der Waals surface area contributed by atoms with Crippen molar-refractivity contribution in [3.8, 4) is 0 Å². The molecule has 4 rings (SSSR count). The van der Waals surface area contributed by atoms with Crippen LogP contribution in [-0.4, -0.2) is 30.9 Å². The van der Waals surface area contributed by atoms with Crippen LogP contribution in [0.25, 0.3) is 0 Å². The van der Waals surface area contributed by atoms with E-state index in [0.29, 0.717) is 12.1 Å². The SMILES string of the molecule is CN(C)c1ccc(N2C(=O)C(O)=C(C(=O)CCc3ccccc3)C2c2cccs2)cc1. The molecule has 2 heterocycles. The third-order valence-corrected chi connectivity index (χ3v) is 6.37. The van der Waals surface area contributed by atoms with Gasteiger partial charge >= 0.3 is 0 Å². The lowest BCUT2D eigenvalue weighted by Gasteiger charge is -2.26. The lowest BCUT2D eigenvalue weighted by molar-refractivity contribution is -0.118. The Bertz CT molecular complexity index is 1100. The number of hydrogen-bond donors (Lipinski definition) is 1. The third kappa shape index (κ3) is 4.11. The van der Waals surface area contributed by atoms with E-state index in [1.165, 1.54) is 16.2 Å². The number of aryl methyl sites for hydroxylation is 1. The molecule has 31 heavy (non-hydrogen) atoms. The van der Waals surface area contributed by atoms with Gasteiger partial charge in [0.2, 0.25) is 0 Å². The lowest BCUT2D eigenvalue weighted by atomic mass is 9.97. The Kier molecular flexibility index (Phi) is 5.91. The standard InChI is InChI=1S/C25H24N2O3S/c1-26(2)18-11-13-19(14-12-18)27-23(21-9-6-16-31-21)22(24(29)25(27)30)20(28)15-10-17-7-4-3-5-8-17/h3-9,11-14,16,23,29H,10,15H2,1-2H3. The second kappa shape index (κ2) is 8.78. The minimum Gasteiger partial charge on any atom is -0.503 e. The zero-order chi connectivity index (χ0) is 22.0. The predicted octanol–water partition coefficient (Wildman–Crippen LogP) is 4.92. The number of carbonyl (C=O) groups is 2. The Balaban J connectivity index is 1.67. The first-order valence-electron chi connectivity index (χ1n) is 10.1. The van der Waals surface area contributed by atoms with E-state index in [2.05, 4.69) is 0 Å². The number of Topliss-reactive ketones (excluding diaryl/α,β-unsaturated/α-hetero) is 1. The Morgan fingerprint density at radius 1 is 1.03 bits per heavy atom. The van der Waals surface area contributed by atoms with Gasteiger partial charge in [-0.1, -0.05) is 36.4 Å². The van der Waals surface area contributed by atoms with Gasteiger partial charge in [-0.15, -0.1) is 11.3 Å². The van der Waals surface area contributed by atoms with Crippen molar-refractivity contribution in [1.29, 1.82) is 0 Å². The maximum atomic E-state index is 13.2. The number of carbonyl (C=O) groups excluding carboxylic acids is 2. The summed E-state index contributed by atoms with van der Waals surface area (Å²) in [7, 11) is 3.89. The normalized spacial score (nSPS) is 16.1. The van der Waals surface area contributed by atoms with Gasteiger partial charge in [-0.2, -0.15) is 0 Å². The summed E-state index contributed by atoms with van der Waals surface area (Å²) >= 11 is 1.47. The molecular weight excluding hydrogens is 408 g/mol. The molecule has 2 aromatic carbocycles. The lowest BCUT2D eigenvalue weighted by Crippen LogP contribution is -2.30. The highest BCUT2D eigenvalue weighted by atomic mass is 32.1. The molecule has 1 N–H and O–H groups in total. The number of anilines is 2. The van der Waals surface area contributed by atoms with Crippen molar-refractivity contribution < 1.29 is 14.7 Å². The number of amides is 1. The summed E-state index contributed by atoms with van der Waals surface area (Å²) < 4.78 is 0. The second-order valence-corrected chi connectivity index (χ2v) is 8.65. The molecule has 1 aromatic heterocycles. The third-order valence-electron chi connectivity index (χ3n) is 5.45. The first-order valence-corrected chi connectivity index (χ1v) is 11.0. The fraction of sp³-hybridized carbons (Fsp3) is 0.200. The summed E-state index contributed by atoms with van der Waals surface area (Å²) in [6, 6.07) is 20.4. The van der Waals surface area contributed by atoms with Gasteiger partial charge in [0.25, 0.3) is 5.91 Å². The molecule has 158 valence electrons. The van der Waals surface area contributed by atoms with Crippen molar-refractivity contribution in [3.05, 3.63) is 93.9 Å². The maximum Gasteiger partial charge on any atom is 0.294 e. The van der Waals surface area contributed by atoms with Gasteiger partial charge in [0.1, 0.15) is 6.04 Å². The number of benzene rings is 2. The molecule has 3 aromatic rings. The number of ketones is 1. The van der Waals surface area contributed by atoms with Crippen molar-refractivity contribution >= 4 is 34.4 Å². The average molecular weight is 433 g/mol. The number of hydrogen-bond acceptors (Lipinski definition) is 5. The first-order chi connectivity index (χ1) is 15.0. The van der Waals surface area contributed by atoms with Crippen LogP contribution < -0.4 is 9.80 Å². The molecule has 1 atom stereocenters. The molecule has 1 amide bonds.